The molecular formula is C23H18F2N6O2S. The van der Waals surface area contributed by atoms with Gasteiger partial charge in [-0.15, -0.1) is 11.3 Å². The highest BCUT2D eigenvalue weighted by atomic mass is 32.1. The summed E-state index contributed by atoms with van der Waals surface area (Å²) in [6.07, 6.45) is 3.45. The number of aryl methyl sites for hydroxylation is 1. The number of anilines is 1. The molecule has 8 nitrogen and oxygen atoms in total. The third kappa shape index (κ3) is 3.43. The van der Waals surface area contributed by atoms with Crippen molar-refractivity contribution < 1.29 is 13.6 Å². The van der Waals surface area contributed by atoms with Crippen molar-refractivity contribution in [3.05, 3.63) is 63.0 Å². The molecule has 1 aliphatic heterocycles. The van der Waals surface area contributed by atoms with Gasteiger partial charge in [0.15, 0.2) is 11.6 Å². The second-order valence-corrected chi connectivity index (χ2v) is 9.15. The van der Waals surface area contributed by atoms with Crippen molar-refractivity contribution in [1.82, 2.24) is 24.6 Å². The highest BCUT2D eigenvalue weighted by molar-refractivity contribution is 7.18. The van der Waals surface area contributed by atoms with E-state index in [9.17, 15) is 18.4 Å². The first-order valence-corrected chi connectivity index (χ1v) is 11.2. The maximum absolute atomic E-state index is 15.0. The van der Waals surface area contributed by atoms with E-state index in [1.807, 2.05) is 0 Å². The topological polar surface area (TPSA) is 110 Å². The van der Waals surface area contributed by atoms with Gasteiger partial charge in [-0.3, -0.25) is 9.59 Å². The van der Waals surface area contributed by atoms with Gasteiger partial charge in [-0.25, -0.2) is 18.9 Å². The van der Waals surface area contributed by atoms with Gasteiger partial charge in [-0.05, 0) is 25.5 Å². The van der Waals surface area contributed by atoms with E-state index in [0.29, 0.717) is 34.8 Å². The van der Waals surface area contributed by atoms with Crippen LogP contribution in [0.5, 0.6) is 0 Å². The van der Waals surface area contributed by atoms with Crippen LogP contribution in [0.3, 0.4) is 0 Å². The Morgan fingerprint density at radius 1 is 1.41 bits per heavy atom. The molecule has 0 aliphatic carbocycles. The lowest BCUT2D eigenvalue weighted by molar-refractivity contribution is -0.125. The van der Waals surface area contributed by atoms with E-state index < -0.39 is 22.8 Å². The van der Waals surface area contributed by atoms with Crippen LogP contribution in [0.15, 0.2) is 29.7 Å². The average Bonchev–Trinajstić information content (AvgIpc) is 3.52. The number of likely N-dealkylation sites (tertiary alicyclic amines) is 1. The summed E-state index contributed by atoms with van der Waals surface area (Å²) in [5.41, 5.74) is 5.74. The van der Waals surface area contributed by atoms with Crippen LogP contribution in [-0.2, 0) is 4.79 Å². The minimum Gasteiger partial charge on any atom is -0.382 e. The predicted molar refractivity (Wildman–Crippen MR) is 125 cm³/mol. The molecule has 4 aromatic rings. The number of nitrogens with zero attached hydrogens (tertiary/aromatic N) is 4. The molecular weight excluding hydrogens is 462 g/mol. The molecule has 1 aliphatic rings. The number of nitrogen functional groups attached to an aromatic ring is 1. The van der Waals surface area contributed by atoms with Gasteiger partial charge in [-0.2, -0.15) is 5.10 Å². The Morgan fingerprint density at radius 3 is 2.97 bits per heavy atom. The number of nitrogens with one attached hydrogen (secondary N) is 1. The summed E-state index contributed by atoms with van der Waals surface area (Å²) in [7, 11) is 0. The number of amides is 1. The zero-order valence-corrected chi connectivity index (χ0v) is 18.8. The van der Waals surface area contributed by atoms with Crippen LogP contribution in [0.4, 0.5) is 14.6 Å². The molecule has 1 saturated heterocycles. The normalized spacial score (nSPS) is 15.6. The van der Waals surface area contributed by atoms with Gasteiger partial charge >= 0.3 is 0 Å². The summed E-state index contributed by atoms with van der Waals surface area (Å²) in [5.74, 6) is 3.51. The van der Waals surface area contributed by atoms with Crippen molar-refractivity contribution in [2.24, 2.45) is 0 Å². The van der Waals surface area contributed by atoms with Crippen molar-refractivity contribution in [3.63, 3.8) is 0 Å². The van der Waals surface area contributed by atoms with Gasteiger partial charge in [-0.1, -0.05) is 18.4 Å². The van der Waals surface area contributed by atoms with Crippen LogP contribution in [-0.4, -0.2) is 43.6 Å². The molecule has 1 amide bonds. The van der Waals surface area contributed by atoms with E-state index >= 15 is 0 Å². The van der Waals surface area contributed by atoms with Gasteiger partial charge in [0.05, 0.1) is 32.3 Å². The standard InChI is InChI=1S/C23H18F2N6O2S/c1-3-17(32)30-7-6-13(10-30)31-9-12(18-21(31)23(33)29-28-22(18)26)4-5-14-15(24)8-16-20(19(14)25)27-11(2)34-16/h3,8-9,13H,1,6-7,10H2,2H3,(H2,26,28)(H,29,33)/t13-/m0/s1. The van der Waals surface area contributed by atoms with Gasteiger partial charge in [0, 0.05) is 19.3 Å². The fraction of sp³-hybridized carbons (Fsp3) is 0.217. The highest BCUT2D eigenvalue weighted by Crippen LogP contribution is 2.31. The Kier molecular flexibility index (Phi) is 5.17. The molecule has 1 aromatic carbocycles. The van der Waals surface area contributed by atoms with Gasteiger partial charge in [0.1, 0.15) is 16.9 Å². The summed E-state index contributed by atoms with van der Waals surface area (Å²) in [6, 6.07) is 0.994. The summed E-state index contributed by atoms with van der Waals surface area (Å²) in [5, 5.41) is 7.08. The van der Waals surface area contributed by atoms with E-state index in [-0.39, 0.29) is 34.2 Å². The monoisotopic (exact) mass is 480 g/mol. The number of rotatable bonds is 2. The number of halogens is 2. The quantitative estimate of drug-likeness (QED) is 0.339. The van der Waals surface area contributed by atoms with Crippen LogP contribution in [0.2, 0.25) is 0 Å². The van der Waals surface area contributed by atoms with Crippen molar-refractivity contribution in [1.29, 1.82) is 0 Å². The third-order valence-electron chi connectivity index (χ3n) is 5.83. The molecule has 0 bridgehead atoms. The molecule has 0 saturated carbocycles. The molecule has 5 rings (SSSR count). The van der Waals surface area contributed by atoms with E-state index in [0.717, 1.165) is 0 Å². The van der Waals surface area contributed by atoms with Crippen LogP contribution in [0, 0.1) is 30.4 Å². The number of hydrogen-bond acceptors (Lipinski definition) is 6. The maximum Gasteiger partial charge on any atom is 0.288 e. The molecule has 3 N–H and O–H groups in total. The van der Waals surface area contributed by atoms with Crippen molar-refractivity contribution in [3.8, 4) is 11.8 Å². The number of carbonyl (C=O) groups excluding carboxylic acids is 1. The van der Waals surface area contributed by atoms with Crippen LogP contribution in [0.25, 0.3) is 21.1 Å². The second kappa shape index (κ2) is 8.07. The molecule has 4 heterocycles. The lowest BCUT2D eigenvalue weighted by atomic mass is 10.1. The molecule has 1 fully saturated rings. The van der Waals surface area contributed by atoms with Crippen molar-refractivity contribution in [2.75, 3.05) is 18.8 Å². The largest absolute Gasteiger partial charge is 0.382 e. The number of carbonyl (C=O) groups is 1. The molecule has 172 valence electrons. The Labute approximate surface area is 195 Å². The Bertz CT molecular complexity index is 1620. The van der Waals surface area contributed by atoms with E-state index in [2.05, 4.69) is 33.6 Å². The number of H-pyrrole nitrogens is 1. The van der Waals surface area contributed by atoms with Crippen LogP contribution >= 0.6 is 11.3 Å². The Balaban J connectivity index is 1.64. The predicted octanol–water partition coefficient (Wildman–Crippen LogP) is 2.86. The lowest BCUT2D eigenvalue weighted by Gasteiger charge is -2.16. The minimum atomic E-state index is -0.839. The molecule has 1 atom stereocenters. The van der Waals surface area contributed by atoms with Gasteiger partial charge < -0.3 is 15.2 Å². The SMILES string of the molecule is C=CC(=O)N1CC[C@H](n2cc(C#Cc3c(F)cc4sc(C)nc4c3F)c3c(N)n[nH]c(=O)c32)C1. The van der Waals surface area contributed by atoms with Gasteiger partial charge in [0.2, 0.25) is 5.91 Å². The van der Waals surface area contributed by atoms with Crippen molar-refractivity contribution in [2.45, 2.75) is 19.4 Å². The average molecular weight is 481 g/mol. The Morgan fingerprint density at radius 2 is 2.21 bits per heavy atom. The minimum absolute atomic E-state index is 0.0289. The molecule has 11 heteroatoms. The summed E-state index contributed by atoms with van der Waals surface area (Å²) < 4.78 is 31.7. The fourth-order valence-electron chi connectivity index (χ4n) is 4.27. The van der Waals surface area contributed by atoms with E-state index in [1.54, 1.807) is 22.6 Å². The first-order valence-electron chi connectivity index (χ1n) is 10.4. The smallest absolute Gasteiger partial charge is 0.288 e. The number of benzene rings is 1. The number of aromatic amines is 1. The van der Waals surface area contributed by atoms with Crippen LogP contribution in [0.1, 0.15) is 28.6 Å². The molecule has 0 radical (unpaired) electrons. The third-order valence-corrected chi connectivity index (χ3v) is 6.75. The number of aromatic nitrogens is 4. The summed E-state index contributed by atoms with van der Waals surface area (Å²) >= 11 is 1.19. The molecule has 3 aromatic heterocycles. The molecule has 0 unspecified atom stereocenters. The number of thiazole rings is 1. The zero-order valence-electron chi connectivity index (χ0n) is 18.0. The van der Waals surface area contributed by atoms with Gasteiger partial charge in [0.25, 0.3) is 5.56 Å². The van der Waals surface area contributed by atoms with E-state index in [4.69, 9.17) is 5.73 Å². The number of hydrogen-bond donors (Lipinski definition) is 2. The zero-order chi connectivity index (χ0) is 24.1. The second-order valence-electron chi connectivity index (χ2n) is 7.92. The summed E-state index contributed by atoms with van der Waals surface area (Å²) in [6.45, 7) is 6.09. The number of nitrogens with two attached hydrogens (primary N) is 1. The van der Waals surface area contributed by atoms with Crippen molar-refractivity contribution >= 4 is 44.2 Å². The first kappa shape index (κ1) is 21.8. The highest BCUT2D eigenvalue weighted by Gasteiger charge is 2.29. The maximum atomic E-state index is 15.0. The first-order chi connectivity index (χ1) is 16.3. The Hall–Kier alpha value is -4.04. The fourth-order valence-corrected chi connectivity index (χ4v) is 5.12. The van der Waals surface area contributed by atoms with E-state index in [1.165, 1.54) is 23.5 Å². The molecule has 0 spiro atoms. The van der Waals surface area contributed by atoms with Crippen LogP contribution < -0.4 is 11.3 Å². The lowest BCUT2D eigenvalue weighted by Crippen LogP contribution is -2.27. The summed E-state index contributed by atoms with van der Waals surface area (Å²) in [4.78, 5) is 30.4. The molecule has 34 heavy (non-hydrogen) atoms. The number of fused-ring (bicyclic) bond motifs is 2.